The van der Waals surface area contributed by atoms with Crippen molar-refractivity contribution in [3.63, 3.8) is 0 Å². The number of fused-ring (bicyclic) bond motifs is 3. The van der Waals surface area contributed by atoms with Crippen molar-refractivity contribution in [1.82, 2.24) is 4.57 Å². The summed E-state index contributed by atoms with van der Waals surface area (Å²) >= 11 is 1.63. The number of aliphatic imine (C=N–C) groups is 1. The van der Waals surface area contributed by atoms with E-state index in [0.29, 0.717) is 17.2 Å². The van der Waals surface area contributed by atoms with E-state index in [9.17, 15) is 0 Å². The lowest BCUT2D eigenvalue weighted by atomic mass is 10.0. The fourth-order valence-corrected chi connectivity index (χ4v) is 6.13. The largest absolute Gasteiger partial charge is 0.493 e. The third kappa shape index (κ3) is 4.50. The van der Waals surface area contributed by atoms with Crippen LogP contribution in [-0.4, -0.2) is 31.7 Å². The molecule has 40 heavy (non-hydrogen) atoms. The van der Waals surface area contributed by atoms with Crippen LogP contribution in [0.25, 0.3) is 5.69 Å². The van der Waals surface area contributed by atoms with Crippen molar-refractivity contribution in [2.24, 2.45) is 9.98 Å². The first-order valence-corrected chi connectivity index (χ1v) is 13.8. The van der Waals surface area contributed by atoms with Crippen molar-refractivity contribution in [3.8, 4) is 22.9 Å². The molecule has 1 unspecified atom stereocenters. The van der Waals surface area contributed by atoms with Crippen molar-refractivity contribution in [2.45, 2.75) is 19.9 Å². The van der Waals surface area contributed by atoms with Gasteiger partial charge in [0.25, 0.3) is 0 Å². The molecule has 1 aromatic heterocycles. The molecule has 0 radical (unpaired) electrons. The molecular weight excluding hydrogens is 520 g/mol. The van der Waals surface area contributed by atoms with Crippen LogP contribution in [0.15, 0.2) is 95.1 Å². The summed E-state index contributed by atoms with van der Waals surface area (Å²) in [5.74, 6) is 3.58. The lowest BCUT2D eigenvalue weighted by Crippen LogP contribution is -2.33. The number of benzene rings is 3. The summed E-state index contributed by atoms with van der Waals surface area (Å²) in [7, 11) is 4.87. The number of allylic oxidation sites excluding steroid dienone is 2. The Hall–Kier alpha value is -4.56. The smallest absolute Gasteiger partial charge is 0.203 e. The third-order valence-corrected chi connectivity index (χ3v) is 8.04. The Morgan fingerprint density at radius 2 is 1.48 bits per heavy atom. The van der Waals surface area contributed by atoms with Crippen molar-refractivity contribution in [2.75, 3.05) is 26.2 Å². The summed E-state index contributed by atoms with van der Waals surface area (Å²) in [5, 5.41) is 0. The second-order valence-corrected chi connectivity index (χ2v) is 10.6. The van der Waals surface area contributed by atoms with Gasteiger partial charge in [0, 0.05) is 11.9 Å². The topological polar surface area (TPSA) is 60.6 Å². The first-order chi connectivity index (χ1) is 19.5. The maximum Gasteiger partial charge on any atom is 0.203 e. The summed E-state index contributed by atoms with van der Waals surface area (Å²) in [6.45, 7) is 4.18. The Morgan fingerprint density at radius 3 is 2.10 bits per heavy atom. The average Bonchev–Trinajstić information content (AvgIpc) is 3.36. The first-order valence-electron chi connectivity index (χ1n) is 13.0. The molecule has 3 heterocycles. The van der Waals surface area contributed by atoms with Crippen molar-refractivity contribution < 1.29 is 14.2 Å². The van der Waals surface area contributed by atoms with E-state index in [4.69, 9.17) is 24.2 Å². The van der Waals surface area contributed by atoms with Gasteiger partial charge < -0.3 is 14.2 Å². The van der Waals surface area contributed by atoms with E-state index >= 15 is 0 Å². The van der Waals surface area contributed by atoms with Crippen LogP contribution in [0.3, 0.4) is 0 Å². The highest BCUT2D eigenvalue weighted by Crippen LogP contribution is 2.46. The second kappa shape index (κ2) is 10.5. The fraction of sp³-hybridized carbons (Fsp3) is 0.188. The van der Waals surface area contributed by atoms with Crippen LogP contribution in [0.1, 0.15) is 27.6 Å². The molecule has 3 aromatic carbocycles. The van der Waals surface area contributed by atoms with E-state index in [2.05, 4.69) is 78.0 Å². The number of amidine groups is 1. The molecule has 2 aliphatic heterocycles. The van der Waals surface area contributed by atoms with Gasteiger partial charge in [-0.1, -0.05) is 52.8 Å². The number of ether oxygens (including phenoxy) is 3. The number of methoxy groups -OCH3 is 3. The number of nitrogens with zero attached hydrogens (tertiary/aromatic N) is 4. The standard InChI is InChI=1S/C32H30N4O3S/c1-20-9-13-23(14-10-20)33-32-36(24-15-11-21(2)12-16-24)31-30(40-32)28(34-27-8-6-7-17-35(27)31)22-18-25(37-3)29(39-5)26(19-22)38-4/h6-19,28H,1-5H3. The molecule has 0 saturated heterocycles. The predicted octanol–water partition coefficient (Wildman–Crippen LogP) is 6.81. The molecule has 0 fully saturated rings. The van der Waals surface area contributed by atoms with Crippen molar-refractivity contribution in [3.05, 3.63) is 111 Å². The number of hydrogen-bond acceptors (Lipinski definition) is 7. The normalized spacial score (nSPS) is 15.9. The maximum absolute atomic E-state index is 5.69. The maximum atomic E-state index is 5.69. The van der Waals surface area contributed by atoms with Gasteiger partial charge in [-0.25, -0.2) is 4.99 Å². The number of anilines is 1. The molecule has 0 saturated carbocycles. The van der Waals surface area contributed by atoms with E-state index in [0.717, 1.165) is 38.3 Å². The Labute approximate surface area is 237 Å². The monoisotopic (exact) mass is 550 g/mol. The van der Waals surface area contributed by atoms with Gasteiger partial charge >= 0.3 is 0 Å². The summed E-state index contributed by atoms with van der Waals surface area (Å²) in [5.41, 5.74) is 5.25. The molecule has 2 aliphatic rings. The molecule has 0 bridgehead atoms. The van der Waals surface area contributed by atoms with Gasteiger partial charge in [0.1, 0.15) is 17.7 Å². The lowest BCUT2D eigenvalue weighted by Gasteiger charge is -2.31. The van der Waals surface area contributed by atoms with E-state index < -0.39 is 0 Å². The summed E-state index contributed by atoms with van der Waals surface area (Å²) < 4.78 is 19.2. The van der Waals surface area contributed by atoms with Crippen LogP contribution in [0, 0.1) is 13.8 Å². The van der Waals surface area contributed by atoms with E-state index in [1.807, 2.05) is 30.4 Å². The number of hydrogen-bond donors (Lipinski definition) is 0. The van der Waals surface area contributed by atoms with Crippen LogP contribution in [-0.2, 0) is 0 Å². The molecule has 7 nitrogen and oxygen atoms in total. The highest BCUT2D eigenvalue weighted by molar-refractivity contribution is 7.10. The van der Waals surface area contributed by atoms with Crippen LogP contribution >= 0.6 is 11.3 Å². The second-order valence-electron chi connectivity index (χ2n) is 9.61. The Balaban J connectivity index is 1.65. The van der Waals surface area contributed by atoms with Crippen LogP contribution in [0.5, 0.6) is 17.2 Å². The predicted molar refractivity (Wildman–Crippen MR) is 161 cm³/mol. The van der Waals surface area contributed by atoms with Crippen molar-refractivity contribution in [1.29, 1.82) is 0 Å². The number of aromatic nitrogens is 1. The highest BCUT2D eigenvalue weighted by Gasteiger charge is 2.34. The van der Waals surface area contributed by atoms with Crippen LogP contribution in [0.2, 0.25) is 0 Å². The minimum absolute atomic E-state index is 0.310. The summed E-state index contributed by atoms with van der Waals surface area (Å²) in [6, 6.07) is 20.4. The summed E-state index contributed by atoms with van der Waals surface area (Å²) in [4.78, 5) is 14.4. The van der Waals surface area contributed by atoms with Crippen LogP contribution in [0.4, 0.5) is 11.5 Å². The Kier molecular flexibility index (Phi) is 6.77. The zero-order chi connectivity index (χ0) is 27.8. The molecule has 0 amide bonds. The van der Waals surface area contributed by atoms with E-state index in [-0.39, 0.29) is 6.04 Å². The Bertz CT molecular complexity index is 1700. The molecule has 202 valence electrons. The van der Waals surface area contributed by atoms with E-state index in [1.165, 1.54) is 11.1 Å². The number of aryl methyl sites for hydroxylation is 2. The molecule has 0 spiro atoms. The minimum Gasteiger partial charge on any atom is -0.493 e. The molecule has 1 atom stereocenters. The third-order valence-electron chi connectivity index (χ3n) is 6.95. The number of thiazole rings is 1. The fourth-order valence-electron chi connectivity index (χ4n) is 4.92. The van der Waals surface area contributed by atoms with Crippen molar-refractivity contribution >= 4 is 28.7 Å². The van der Waals surface area contributed by atoms with Gasteiger partial charge in [0.15, 0.2) is 16.3 Å². The molecule has 6 rings (SSSR count). The zero-order valence-electron chi connectivity index (χ0n) is 23.1. The first kappa shape index (κ1) is 25.7. The van der Waals surface area contributed by atoms with Gasteiger partial charge in [0.05, 0.1) is 31.9 Å². The zero-order valence-corrected chi connectivity index (χ0v) is 23.9. The Morgan fingerprint density at radius 1 is 0.825 bits per heavy atom. The minimum atomic E-state index is -0.310. The number of rotatable bonds is 6. The summed E-state index contributed by atoms with van der Waals surface area (Å²) in [6.07, 6.45) is 8.11. The van der Waals surface area contributed by atoms with Gasteiger partial charge in [0.2, 0.25) is 5.75 Å². The van der Waals surface area contributed by atoms with Gasteiger partial charge in [-0.05, 0) is 68.0 Å². The quantitative estimate of drug-likeness (QED) is 0.265. The van der Waals surface area contributed by atoms with Gasteiger partial charge in [-0.2, -0.15) is 0 Å². The van der Waals surface area contributed by atoms with Crippen LogP contribution < -0.4 is 23.9 Å². The molecule has 8 heteroatoms. The highest BCUT2D eigenvalue weighted by atomic mass is 32.1. The van der Waals surface area contributed by atoms with E-state index in [1.54, 1.807) is 32.7 Å². The SMILES string of the molecule is COc1cc(C2N=C3C=CC=CN3c3c2sc(=Nc2ccc(C)cc2)n3-c2ccc(C)cc2)cc(OC)c1OC. The van der Waals surface area contributed by atoms with Gasteiger partial charge in [-0.3, -0.25) is 14.5 Å². The lowest BCUT2D eigenvalue weighted by molar-refractivity contribution is 0.323. The average molecular weight is 551 g/mol. The molecule has 4 aromatic rings. The van der Waals surface area contributed by atoms with Gasteiger partial charge in [-0.15, -0.1) is 0 Å². The molecule has 0 aliphatic carbocycles. The molecule has 0 N–H and O–H groups in total. The molecular formula is C32H30N4O3S.